The summed E-state index contributed by atoms with van der Waals surface area (Å²) in [5, 5.41) is 11.3. The lowest BCUT2D eigenvalue weighted by molar-refractivity contribution is -0.154. The van der Waals surface area contributed by atoms with Crippen LogP contribution in [0.2, 0.25) is 0 Å². The number of thiophene rings is 1. The van der Waals surface area contributed by atoms with Crippen molar-refractivity contribution in [3.63, 3.8) is 0 Å². The molecule has 256 valence electrons. The normalized spacial score (nSPS) is 16.7. The van der Waals surface area contributed by atoms with Crippen molar-refractivity contribution in [2.45, 2.75) is 44.7 Å². The Morgan fingerprint density at radius 2 is 1.82 bits per heavy atom. The Morgan fingerprint density at radius 1 is 1.08 bits per heavy atom. The monoisotopic (exact) mass is 691 g/mol. The minimum Gasteiger partial charge on any atom is -0.492 e. The highest BCUT2D eigenvalue weighted by Crippen LogP contribution is 2.44. The number of aromatic carboxylic acids is 1. The van der Waals surface area contributed by atoms with Crippen LogP contribution in [-0.4, -0.2) is 78.0 Å². The highest BCUT2D eigenvalue weighted by molar-refractivity contribution is 7.12. The average molecular weight is 692 g/mol. The van der Waals surface area contributed by atoms with Crippen LogP contribution >= 0.6 is 11.3 Å². The molecule has 2 aromatic heterocycles. The van der Waals surface area contributed by atoms with E-state index in [1.165, 1.54) is 29.5 Å². The number of hydrogen-bond donors (Lipinski definition) is 1. The largest absolute Gasteiger partial charge is 0.492 e. The van der Waals surface area contributed by atoms with Crippen molar-refractivity contribution in [3.8, 4) is 5.75 Å². The molecule has 2 aliphatic rings. The molecule has 1 saturated heterocycles. The number of carboxylic acid groups (broad SMARTS) is 1. The average Bonchev–Trinajstić information content (AvgIpc) is 3.79. The molecule has 12 nitrogen and oxygen atoms in total. The molecule has 1 aliphatic carbocycles. The van der Waals surface area contributed by atoms with Crippen molar-refractivity contribution in [3.05, 3.63) is 91.6 Å². The highest BCUT2D eigenvalue weighted by Gasteiger charge is 2.35. The zero-order chi connectivity index (χ0) is 35.0. The van der Waals surface area contributed by atoms with E-state index in [2.05, 4.69) is 0 Å². The van der Waals surface area contributed by atoms with E-state index in [-0.39, 0.29) is 48.3 Å². The number of nitrogens with zero attached hydrogens (tertiary/aromatic N) is 3. The van der Waals surface area contributed by atoms with Gasteiger partial charge in [-0.25, -0.2) is 14.0 Å². The summed E-state index contributed by atoms with van der Waals surface area (Å²) in [5.74, 6) is -3.41. The molecular weight excluding hydrogens is 657 g/mol. The van der Waals surface area contributed by atoms with Crippen molar-refractivity contribution in [2.75, 3.05) is 38.4 Å². The Labute approximate surface area is 284 Å². The van der Waals surface area contributed by atoms with Crippen LogP contribution in [0.4, 0.5) is 14.9 Å². The predicted molar refractivity (Wildman–Crippen MR) is 178 cm³/mol. The summed E-state index contributed by atoms with van der Waals surface area (Å²) < 4.78 is 33.6. The van der Waals surface area contributed by atoms with Gasteiger partial charge in [0.25, 0.3) is 0 Å². The second-order valence-electron chi connectivity index (χ2n) is 12.1. The van der Waals surface area contributed by atoms with Gasteiger partial charge in [0.2, 0.25) is 18.0 Å². The number of piperazine rings is 1. The number of hydrogen-bond acceptors (Lipinski definition) is 10. The summed E-state index contributed by atoms with van der Waals surface area (Å²) in [7, 11) is 1.37. The molecule has 1 saturated carbocycles. The lowest BCUT2D eigenvalue weighted by Crippen LogP contribution is -2.54. The van der Waals surface area contributed by atoms with Crippen LogP contribution in [0.15, 0.2) is 58.8 Å². The number of pyridine rings is 1. The van der Waals surface area contributed by atoms with Crippen LogP contribution in [0.5, 0.6) is 5.75 Å². The van der Waals surface area contributed by atoms with E-state index in [9.17, 15) is 29.1 Å². The number of rotatable bonds is 10. The van der Waals surface area contributed by atoms with Crippen LogP contribution < -0.4 is 15.1 Å². The molecule has 6 rings (SSSR count). The van der Waals surface area contributed by atoms with Crippen LogP contribution in [0, 0.1) is 5.82 Å². The fourth-order valence-electron chi connectivity index (χ4n) is 6.11. The lowest BCUT2D eigenvalue weighted by atomic mass is 9.99. The third-order valence-corrected chi connectivity index (χ3v) is 9.77. The molecule has 14 heteroatoms. The molecule has 2 fully saturated rings. The van der Waals surface area contributed by atoms with E-state index in [0.29, 0.717) is 21.5 Å². The summed E-state index contributed by atoms with van der Waals surface area (Å²) in [6.45, 7) is 3.34. The number of anilines is 1. The number of methoxy groups -OCH3 is 1. The summed E-state index contributed by atoms with van der Waals surface area (Å²) in [4.78, 5) is 66.8. The topological polar surface area (TPSA) is 145 Å². The van der Waals surface area contributed by atoms with E-state index >= 15 is 4.39 Å². The van der Waals surface area contributed by atoms with Crippen molar-refractivity contribution in [1.82, 2.24) is 9.47 Å². The van der Waals surface area contributed by atoms with Gasteiger partial charge in [0.05, 0.1) is 28.8 Å². The summed E-state index contributed by atoms with van der Waals surface area (Å²) in [5.41, 5.74) is 0.342. The summed E-state index contributed by atoms with van der Waals surface area (Å²) in [6.07, 6.45) is 2.15. The minimum absolute atomic E-state index is 0.0381. The molecule has 2 aromatic carbocycles. The molecule has 1 aliphatic heterocycles. The van der Waals surface area contributed by atoms with Gasteiger partial charge in [-0.05, 0) is 49.8 Å². The Kier molecular flexibility index (Phi) is 9.41. The number of aromatic nitrogens is 1. The second kappa shape index (κ2) is 13.7. The maximum atomic E-state index is 15.8. The number of ketones is 1. The van der Waals surface area contributed by atoms with Gasteiger partial charge in [-0.15, -0.1) is 11.3 Å². The van der Waals surface area contributed by atoms with E-state index in [0.717, 1.165) is 18.9 Å². The van der Waals surface area contributed by atoms with Crippen molar-refractivity contribution in [2.24, 2.45) is 0 Å². The lowest BCUT2D eigenvalue weighted by Gasteiger charge is -2.40. The molecule has 2 unspecified atom stereocenters. The van der Waals surface area contributed by atoms with Gasteiger partial charge in [0.1, 0.15) is 11.3 Å². The van der Waals surface area contributed by atoms with E-state index < -0.39 is 53.6 Å². The number of fused-ring (bicyclic) bond motifs is 1. The number of benzene rings is 2. The number of esters is 1. The molecule has 3 heterocycles. The fraction of sp³-hybridized carbons (Fsp3) is 0.343. The van der Waals surface area contributed by atoms with Gasteiger partial charge in [0, 0.05) is 43.5 Å². The molecular formula is C35H34FN3O9S. The zero-order valence-electron chi connectivity index (χ0n) is 27.0. The molecule has 4 aromatic rings. The number of halogens is 1. The number of carboxylic acids is 1. The van der Waals surface area contributed by atoms with E-state index in [1.54, 1.807) is 59.7 Å². The molecule has 0 spiro atoms. The van der Waals surface area contributed by atoms with Gasteiger partial charge < -0.3 is 33.7 Å². The standard InChI is InChI=1S/C35H34FN3O9S/c1-19-16-37(29-26(36)15-24-28(32(29)46-3)39(23-10-11-23)17-25(31(24)41)33(42)43)12-13-38(19)35(45)48-18-47-34(44)20(2)21-6-8-22(9-7-21)30(40)27-5-4-14-49-27/h4-9,14-15,17,19-20,23H,10-13,16,18H2,1-3H3,(H,42,43). The van der Waals surface area contributed by atoms with Gasteiger partial charge in [-0.1, -0.05) is 30.3 Å². The fourth-order valence-corrected chi connectivity index (χ4v) is 6.80. The zero-order valence-corrected chi connectivity index (χ0v) is 27.8. The molecule has 49 heavy (non-hydrogen) atoms. The molecule has 1 amide bonds. The van der Waals surface area contributed by atoms with Crippen LogP contribution in [0.25, 0.3) is 10.9 Å². The van der Waals surface area contributed by atoms with Gasteiger partial charge >= 0.3 is 18.0 Å². The van der Waals surface area contributed by atoms with Crippen molar-refractivity contribution >= 4 is 51.7 Å². The first-order chi connectivity index (χ1) is 23.5. The quantitative estimate of drug-likeness (QED) is 0.130. The van der Waals surface area contributed by atoms with Crippen LogP contribution in [-0.2, 0) is 14.3 Å². The maximum Gasteiger partial charge on any atom is 0.413 e. The molecule has 0 bridgehead atoms. The number of carbonyl (C=O) groups is 4. The maximum absolute atomic E-state index is 15.8. The number of amides is 1. The van der Waals surface area contributed by atoms with E-state index in [1.807, 2.05) is 5.38 Å². The first-order valence-corrected chi connectivity index (χ1v) is 16.6. The Hall–Kier alpha value is -5.24. The second-order valence-corrected chi connectivity index (χ2v) is 13.0. The van der Waals surface area contributed by atoms with Gasteiger partial charge in [0.15, 0.2) is 11.6 Å². The molecule has 2 atom stereocenters. The van der Waals surface area contributed by atoms with Crippen LogP contribution in [0.1, 0.15) is 69.8 Å². The number of carbonyl (C=O) groups excluding carboxylic acids is 3. The number of ether oxygens (including phenoxy) is 3. The Balaban J connectivity index is 1.09. The molecule has 1 N–H and O–H groups in total. The SMILES string of the molecule is COc1c(N2CCN(C(=O)OCOC(=O)C(C)c3ccc(C(=O)c4cccs4)cc3)C(C)C2)c(F)cc2c(=O)c(C(=O)O)cn(C3CC3)c12. The summed E-state index contributed by atoms with van der Waals surface area (Å²) >= 11 is 1.35. The molecule has 0 radical (unpaired) electrons. The first-order valence-electron chi connectivity index (χ1n) is 15.7. The van der Waals surface area contributed by atoms with E-state index in [4.69, 9.17) is 14.2 Å². The minimum atomic E-state index is -1.39. The predicted octanol–water partition coefficient (Wildman–Crippen LogP) is 5.43. The first kappa shape index (κ1) is 33.7. The van der Waals surface area contributed by atoms with Crippen LogP contribution in [0.3, 0.4) is 0 Å². The van der Waals surface area contributed by atoms with Gasteiger partial charge in [-0.3, -0.25) is 14.4 Å². The summed E-state index contributed by atoms with van der Waals surface area (Å²) in [6, 6.07) is 10.8. The smallest absolute Gasteiger partial charge is 0.413 e. The Bertz CT molecular complexity index is 1990. The third-order valence-electron chi connectivity index (χ3n) is 8.91. The highest BCUT2D eigenvalue weighted by atomic mass is 32.1. The van der Waals surface area contributed by atoms with Crippen molar-refractivity contribution in [1.29, 1.82) is 0 Å². The third kappa shape index (κ3) is 6.60. The van der Waals surface area contributed by atoms with Crippen molar-refractivity contribution < 1.29 is 42.9 Å². The van der Waals surface area contributed by atoms with Gasteiger partial charge in [-0.2, -0.15) is 0 Å². The Morgan fingerprint density at radius 3 is 2.43 bits per heavy atom.